The van der Waals surface area contributed by atoms with Crippen LogP contribution in [-0.4, -0.2) is 100 Å². The van der Waals surface area contributed by atoms with E-state index < -0.39 is 11.2 Å². The average Bonchev–Trinajstić information content (AvgIpc) is 3.57. The van der Waals surface area contributed by atoms with Crippen LogP contribution in [0.15, 0.2) is 54.7 Å². The lowest BCUT2D eigenvalue weighted by Crippen LogP contribution is -2.48. The second-order valence-corrected chi connectivity index (χ2v) is 15.3. The van der Waals surface area contributed by atoms with Crippen LogP contribution in [0.3, 0.4) is 0 Å². The van der Waals surface area contributed by atoms with E-state index in [1.165, 1.54) is 23.6 Å². The Balaban J connectivity index is 1.04. The standard InChI is InChI=1S/C37H47ClN8O5S/c1-24-10-9-12-27(38)32(24)44-34(49)29-21-39-35(52-29)43-30-20-31(42-25(2)41-30)46-16-14-45(15-17-46)18-19-50-37(5,6)23-51-36(3,4)22-40-33(48)26-11-7-8-13-28(26)47/h7-13,20-21,47H,14-19,22-23H2,1-6H3,(H,40,48)(H,44,49)(H,39,41,42,43). The smallest absolute Gasteiger partial charge is 0.267 e. The van der Waals surface area contributed by atoms with Crippen LogP contribution in [0.1, 0.15) is 59.1 Å². The van der Waals surface area contributed by atoms with Crippen molar-refractivity contribution < 1.29 is 24.2 Å². The number of phenolic OH excluding ortho intramolecular Hbond substituents is 1. The number of aryl methyl sites for hydroxylation is 2. The summed E-state index contributed by atoms with van der Waals surface area (Å²) in [6.07, 6.45) is 1.53. The molecule has 278 valence electrons. The summed E-state index contributed by atoms with van der Waals surface area (Å²) in [6, 6.07) is 13.8. The molecule has 1 saturated heterocycles. The van der Waals surface area contributed by atoms with Gasteiger partial charge in [-0.3, -0.25) is 14.5 Å². The first-order chi connectivity index (χ1) is 24.7. The van der Waals surface area contributed by atoms with E-state index in [0.29, 0.717) is 45.6 Å². The normalized spacial score (nSPS) is 13.9. The third-order valence-electron chi connectivity index (χ3n) is 8.48. The second kappa shape index (κ2) is 17.0. The molecule has 0 aliphatic carbocycles. The number of aromatic hydroxyl groups is 1. The van der Waals surface area contributed by atoms with Crippen LogP contribution in [-0.2, 0) is 9.47 Å². The van der Waals surface area contributed by atoms with E-state index in [1.807, 2.05) is 59.7 Å². The van der Waals surface area contributed by atoms with Crippen molar-refractivity contribution in [3.63, 3.8) is 0 Å². The summed E-state index contributed by atoms with van der Waals surface area (Å²) < 4.78 is 12.4. The maximum absolute atomic E-state index is 12.9. The molecule has 52 heavy (non-hydrogen) atoms. The number of rotatable bonds is 15. The molecule has 0 radical (unpaired) electrons. The molecule has 13 nitrogen and oxygen atoms in total. The number of para-hydroxylation sites is 2. The summed E-state index contributed by atoms with van der Waals surface area (Å²) in [5.74, 6) is 1.37. The van der Waals surface area contributed by atoms with Crippen LogP contribution in [0.5, 0.6) is 5.75 Å². The van der Waals surface area contributed by atoms with E-state index in [2.05, 4.69) is 40.7 Å². The maximum atomic E-state index is 12.9. The zero-order valence-corrected chi connectivity index (χ0v) is 32.0. The van der Waals surface area contributed by atoms with Crippen molar-refractivity contribution in [2.75, 3.05) is 68.0 Å². The number of nitrogens with one attached hydrogen (secondary N) is 3. The molecular formula is C37H47ClN8O5S. The van der Waals surface area contributed by atoms with Crippen LogP contribution in [0.2, 0.25) is 5.02 Å². The predicted molar refractivity (Wildman–Crippen MR) is 205 cm³/mol. The number of benzene rings is 2. The van der Waals surface area contributed by atoms with Crippen molar-refractivity contribution in [1.82, 2.24) is 25.2 Å². The number of aromatic nitrogens is 3. The van der Waals surface area contributed by atoms with Crippen LogP contribution in [0.25, 0.3) is 0 Å². The molecule has 0 unspecified atom stereocenters. The summed E-state index contributed by atoms with van der Waals surface area (Å²) >= 11 is 7.51. The molecule has 15 heteroatoms. The number of carbonyl (C=O) groups excluding carboxylic acids is 2. The highest BCUT2D eigenvalue weighted by molar-refractivity contribution is 7.17. The Morgan fingerprint density at radius 2 is 1.71 bits per heavy atom. The Bertz CT molecular complexity index is 1840. The average molecular weight is 751 g/mol. The number of amides is 2. The van der Waals surface area contributed by atoms with E-state index in [4.69, 9.17) is 21.1 Å². The topological polar surface area (TPSA) is 154 Å². The van der Waals surface area contributed by atoms with Gasteiger partial charge in [0, 0.05) is 45.3 Å². The number of carbonyl (C=O) groups is 2. The molecule has 0 bridgehead atoms. The van der Waals surface area contributed by atoms with Crippen molar-refractivity contribution in [3.05, 3.63) is 81.6 Å². The monoisotopic (exact) mass is 750 g/mol. The van der Waals surface area contributed by atoms with Gasteiger partial charge in [0.05, 0.1) is 46.9 Å². The maximum Gasteiger partial charge on any atom is 0.267 e. The number of ether oxygens (including phenoxy) is 2. The van der Waals surface area contributed by atoms with E-state index in [9.17, 15) is 14.7 Å². The Hall–Kier alpha value is -4.34. The summed E-state index contributed by atoms with van der Waals surface area (Å²) in [5.41, 5.74) is 0.525. The third-order valence-corrected chi connectivity index (χ3v) is 9.71. The Morgan fingerprint density at radius 1 is 0.962 bits per heavy atom. The molecule has 5 rings (SSSR count). The largest absolute Gasteiger partial charge is 0.507 e. The summed E-state index contributed by atoms with van der Waals surface area (Å²) in [7, 11) is 0. The first-order valence-corrected chi connectivity index (χ1v) is 18.3. The molecule has 4 aromatic rings. The molecule has 0 saturated carbocycles. The third kappa shape index (κ3) is 10.8. The van der Waals surface area contributed by atoms with Crippen LogP contribution in [0.4, 0.5) is 22.5 Å². The van der Waals surface area contributed by atoms with Gasteiger partial charge in [-0.25, -0.2) is 15.0 Å². The first-order valence-electron chi connectivity index (χ1n) is 17.1. The van der Waals surface area contributed by atoms with Crippen LogP contribution >= 0.6 is 22.9 Å². The molecule has 3 heterocycles. The molecule has 4 N–H and O–H groups in total. The summed E-state index contributed by atoms with van der Waals surface area (Å²) in [5, 5.41) is 19.9. The highest BCUT2D eigenvalue weighted by atomic mass is 35.5. The molecule has 0 atom stereocenters. The highest BCUT2D eigenvalue weighted by Crippen LogP contribution is 2.29. The zero-order chi connectivity index (χ0) is 37.5. The molecule has 1 aliphatic heterocycles. The van der Waals surface area contributed by atoms with Gasteiger partial charge in [0.1, 0.15) is 28.1 Å². The summed E-state index contributed by atoms with van der Waals surface area (Å²) in [6.45, 7) is 16.8. The minimum Gasteiger partial charge on any atom is -0.507 e. The van der Waals surface area contributed by atoms with Gasteiger partial charge in [-0.1, -0.05) is 47.2 Å². The van der Waals surface area contributed by atoms with Gasteiger partial charge >= 0.3 is 0 Å². The molecule has 0 spiro atoms. The lowest BCUT2D eigenvalue weighted by Gasteiger charge is -2.36. The zero-order valence-electron chi connectivity index (χ0n) is 30.5. The first kappa shape index (κ1) is 38.9. The van der Waals surface area contributed by atoms with E-state index in [-0.39, 0.29) is 29.7 Å². The Kier molecular flexibility index (Phi) is 12.7. The fourth-order valence-corrected chi connectivity index (χ4v) is 6.44. The van der Waals surface area contributed by atoms with E-state index in [1.54, 1.807) is 24.3 Å². The number of thiazole rings is 1. The van der Waals surface area contributed by atoms with Crippen molar-refractivity contribution in [2.24, 2.45) is 0 Å². The second-order valence-electron chi connectivity index (χ2n) is 13.9. The van der Waals surface area contributed by atoms with Gasteiger partial charge in [-0.05, 0) is 65.3 Å². The van der Waals surface area contributed by atoms with Gasteiger partial charge in [0.15, 0.2) is 5.13 Å². The van der Waals surface area contributed by atoms with Gasteiger partial charge < -0.3 is 35.4 Å². The van der Waals surface area contributed by atoms with E-state index in [0.717, 1.165) is 44.1 Å². The number of halogens is 1. The van der Waals surface area contributed by atoms with Gasteiger partial charge in [0.2, 0.25) is 0 Å². The van der Waals surface area contributed by atoms with E-state index >= 15 is 0 Å². The number of piperazine rings is 1. The molecule has 2 aromatic heterocycles. The molecule has 1 aliphatic rings. The van der Waals surface area contributed by atoms with Crippen molar-refractivity contribution in [3.8, 4) is 5.75 Å². The van der Waals surface area contributed by atoms with Crippen molar-refractivity contribution >= 4 is 57.2 Å². The fourth-order valence-electron chi connectivity index (χ4n) is 5.46. The van der Waals surface area contributed by atoms with Crippen molar-refractivity contribution in [1.29, 1.82) is 0 Å². The number of anilines is 4. The molecule has 1 fully saturated rings. The molecule has 2 aromatic carbocycles. The van der Waals surface area contributed by atoms with Gasteiger partial charge in [0.25, 0.3) is 11.8 Å². The minimum atomic E-state index is -0.636. The highest BCUT2D eigenvalue weighted by Gasteiger charge is 2.27. The number of hydrogen-bond acceptors (Lipinski definition) is 12. The Morgan fingerprint density at radius 3 is 2.44 bits per heavy atom. The SMILES string of the molecule is Cc1nc(Nc2ncc(C(=O)Nc3c(C)cccc3Cl)s2)cc(N2CCN(CCOC(C)(C)COC(C)(C)CNC(=O)c3ccccc3O)CC2)n1. The van der Waals surface area contributed by atoms with Gasteiger partial charge in [-0.2, -0.15) is 0 Å². The summed E-state index contributed by atoms with van der Waals surface area (Å²) in [4.78, 5) is 44.1. The van der Waals surface area contributed by atoms with Crippen LogP contribution in [0, 0.1) is 13.8 Å². The Labute approximate surface area is 313 Å². The number of nitrogens with zero attached hydrogens (tertiary/aromatic N) is 5. The van der Waals surface area contributed by atoms with Gasteiger partial charge in [-0.15, -0.1) is 0 Å². The number of hydrogen-bond donors (Lipinski definition) is 4. The van der Waals surface area contributed by atoms with Crippen LogP contribution < -0.4 is 20.9 Å². The lowest BCUT2D eigenvalue weighted by atomic mass is 10.1. The molecule has 2 amide bonds. The fraction of sp³-hybridized carbons (Fsp3) is 0.432. The van der Waals surface area contributed by atoms with Crippen molar-refractivity contribution in [2.45, 2.75) is 52.7 Å². The quantitative estimate of drug-likeness (QED) is 0.112. The molecular weight excluding hydrogens is 704 g/mol. The minimum absolute atomic E-state index is 0.0577. The lowest BCUT2D eigenvalue weighted by molar-refractivity contribution is -0.120. The number of phenols is 1. The predicted octanol–water partition coefficient (Wildman–Crippen LogP) is 6.05.